The molecule has 2 aromatic heterocycles. The van der Waals surface area contributed by atoms with E-state index in [1.165, 1.54) is 0 Å². The number of hydrogen-bond acceptors (Lipinski definition) is 7. The molecule has 4 N–H and O–H groups in total. The van der Waals surface area contributed by atoms with Gasteiger partial charge in [-0.15, -0.1) is 0 Å². The summed E-state index contributed by atoms with van der Waals surface area (Å²) < 4.78 is 10.7. The van der Waals surface area contributed by atoms with E-state index in [1.54, 1.807) is 25.4 Å². The molecule has 184 valence electrons. The van der Waals surface area contributed by atoms with Crippen molar-refractivity contribution in [3.8, 4) is 5.88 Å². The maximum absolute atomic E-state index is 12.3. The first-order chi connectivity index (χ1) is 16.3. The zero-order chi connectivity index (χ0) is 24.1. The molecule has 0 radical (unpaired) electrons. The zero-order valence-electron chi connectivity index (χ0n) is 19.7. The third-order valence-corrected chi connectivity index (χ3v) is 6.72. The number of amides is 2. The number of pyridine rings is 1. The van der Waals surface area contributed by atoms with Crippen LogP contribution in [-0.2, 0) is 16.0 Å². The van der Waals surface area contributed by atoms with E-state index in [1.807, 2.05) is 13.0 Å². The number of aromatic amines is 1. The van der Waals surface area contributed by atoms with Gasteiger partial charge >= 0.3 is 6.09 Å². The second kappa shape index (κ2) is 10.4. The number of methoxy groups -OCH3 is 1. The van der Waals surface area contributed by atoms with E-state index in [0.29, 0.717) is 31.0 Å². The monoisotopic (exact) mass is 471 g/mol. The Bertz CT molecular complexity index is 980. The fraction of sp³-hybridized carbons (Fsp3) is 0.583. The highest BCUT2D eigenvalue weighted by Crippen LogP contribution is 2.36. The van der Waals surface area contributed by atoms with Gasteiger partial charge in [-0.2, -0.15) is 5.10 Å². The predicted octanol–water partition coefficient (Wildman–Crippen LogP) is 3.05. The number of H-pyrrole nitrogens is 1. The van der Waals surface area contributed by atoms with Gasteiger partial charge in [0, 0.05) is 36.0 Å². The first-order valence-electron chi connectivity index (χ1n) is 11.8. The number of rotatable bonds is 7. The van der Waals surface area contributed by atoms with Crippen LogP contribution < -0.4 is 15.4 Å². The topological polar surface area (TPSA) is 138 Å². The van der Waals surface area contributed by atoms with Crippen molar-refractivity contribution < 1.29 is 24.2 Å². The summed E-state index contributed by atoms with van der Waals surface area (Å²) in [5, 5.41) is 23.0. The Labute approximate surface area is 198 Å². The van der Waals surface area contributed by atoms with Crippen molar-refractivity contribution in [2.45, 2.75) is 82.0 Å². The van der Waals surface area contributed by atoms with Crippen molar-refractivity contribution in [3.63, 3.8) is 0 Å². The van der Waals surface area contributed by atoms with Gasteiger partial charge in [-0.25, -0.2) is 9.78 Å². The number of carbonyl (C=O) groups is 2. The van der Waals surface area contributed by atoms with Gasteiger partial charge < -0.3 is 25.2 Å². The van der Waals surface area contributed by atoms with Gasteiger partial charge in [0.1, 0.15) is 6.10 Å². The molecule has 0 aromatic carbocycles. The van der Waals surface area contributed by atoms with Gasteiger partial charge in [-0.3, -0.25) is 9.89 Å². The number of carbonyl (C=O) groups excluding carboxylic acids is 2. The molecule has 2 saturated carbocycles. The molecule has 4 rings (SSSR count). The van der Waals surface area contributed by atoms with Crippen LogP contribution in [0.2, 0.25) is 0 Å². The van der Waals surface area contributed by atoms with E-state index >= 15 is 0 Å². The molecule has 2 fully saturated rings. The molecule has 2 atom stereocenters. The van der Waals surface area contributed by atoms with E-state index in [0.717, 1.165) is 36.9 Å². The maximum atomic E-state index is 12.3. The number of nitrogens with one attached hydrogen (secondary N) is 3. The summed E-state index contributed by atoms with van der Waals surface area (Å²) in [7, 11) is 1.54. The number of hydrogen-bond donors (Lipinski definition) is 4. The normalized spacial score (nSPS) is 26.6. The molecule has 0 aliphatic heterocycles. The lowest BCUT2D eigenvalue weighted by atomic mass is 9.84. The van der Waals surface area contributed by atoms with E-state index in [2.05, 4.69) is 25.8 Å². The first kappa shape index (κ1) is 24.0. The number of alkyl carbamates (subject to hydrolysis) is 1. The minimum Gasteiger partial charge on any atom is -0.481 e. The Morgan fingerprint density at radius 2 is 2.03 bits per heavy atom. The van der Waals surface area contributed by atoms with Crippen LogP contribution in [0.25, 0.3) is 0 Å². The van der Waals surface area contributed by atoms with Gasteiger partial charge in [0.05, 0.1) is 19.1 Å². The maximum Gasteiger partial charge on any atom is 0.407 e. The van der Waals surface area contributed by atoms with Crippen molar-refractivity contribution in [3.05, 3.63) is 35.7 Å². The predicted molar refractivity (Wildman–Crippen MR) is 125 cm³/mol. The third kappa shape index (κ3) is 6.47. The molecule has 0 spiro atoms. The molecule has 2 heterocycles. The minimum atomic E-state index is -0.629. The first-order valence-corrected chi connectivity index (χ1v) is 11.8. The van der Waals surface area contributed by atoms with Crippen molar-refractivity contribution in [2.24, 2.45) is 0 Å². The van der Waals surface area contributed by atoms with Crippen LogP contribution in [0.5, 0.6) is 5.88 Å². The molecule has 2 amide bonds. The number of aliphatic hydroxyl groups is 1. The summed E-state index contributed by atoms with van der Waals surface area (Å²) in [6.07, 6.45) is 6.49. The number of aromatic nitrogens is 3. The summed E-state index contributed by atoms with van der Waals surface area (Å²) in [4.78, 5) is 28.8. The Morgan fingerprint density at radius 3 is 2.74 bits per heavy atom. The van der Waals surface area contributed by atoms with Crippen LogP contribution >= 0.6 is 0 Å². The smallest absolute Gasteiger partial charge is 0.407 e. The second-order valence-corrected chi connectivity index (χ2v) is 9.60. The van der Waals surface area contributed by atoms with E-state index in [4.69, 9.17) is 9.47 Å². The van der Waals surface area contributed by atoms with Crippen LogP contribution in [0.3, 0.4) is 0 Å². The molecule has 2 aromatic rings. The van der Waals surface area contributed by atoms with Crippen LogP contribution in [-0.4, -0.2) is 57.1 Å². The standard InChI is InChI=1S/C24H33N5O5/c1-24(32)9-7-17(8-10-24)26-23(31)34-18-5-4-16(12-18)19-13-20(29-28-19)27-21(30)11-15-3-6-22(33-2)25-14-15/h3,6,13-14,16-18,32H,4-5,7-12H2,1-2H3,(H,26,31)(H2,27,28,29,30)/t16-,17?,18?,24?/m1/s1. The quantitative estimate of drug-likeness (QED) is 0.487. The highest BCUT2D eigenvalue weighted by molar-refractivity contribution is 5.91. The molecule has 2 aliphatic rings. The molecule has 10 nitrogen and oxygen atoms in total. The zero-order valence-corrected chi connectivity index (χ0v) is 19.7. The number of nitrogens with zero attached hydrogens (tertiary/aromatic N) is 2. The summed E-state index contributed by atoms with van der Waals surface area (Å²) in [6, 6.07) is 5.41. The lowest BCUT2D eigenvalue weighted by Crippen LogP contribution is -2.43. The molecule has 0 saturated heterocycles. The average Bonchev–Trinajstić information content (AvgIpc) is 3.45. The summed E-state index contributed by atoms with van der Waals surface area (Å²) >= 11 is 0. The SMILES string of the molecule is COc1ccc(CC(=O)Nc2cc([C@@H]3CCC(OC(=O)NC4CCC(C)(O)CC4)C3)[nH]n2)cn1. The van der Waals surface area contributed by atoms with Crippen LogP contribution in [0, 0.1) is 0 Å². The molecule has 2 aliphatic carbocycles. The lowest BCUT2D eigenvalue weighted by molar-refractivity contribution is -0.115. The van der Waals surface area contributed by atoms with Crippen LogP contribution in [0.15, 0.2) is 24.4 Å². The van der Waals surface area contributed by atoms with Crippen LogP contribution in [0.4, 0.5) is 10.6 Å². The number of ether oxygens (including phenoxy) is 2. The lowest BCUT2D eigenvalue weighted by Gasteiger charge is -2.33. The average molecular weight is 472 g/mol. The van der Waals surface area contributed by atoms with Crippen molar-refractivity contribution in [1.29, 1.82) is 0 Å². The van der Waals surface area contributed by atoms with Crippen molar-refractivity contribution in [2.75, 3.05) is 12.4 Å². The minimum absolute atomic E-state index is 0.0531. The van der Waals surface area contributed by atoms with Gasteiger partial charge in [0.2, 0.25) is 11.8 Å². The fourth-order valence-electron chi connectivity index (χ4n) is 4.68. The van der Waals surface area contributed by atoms with Crippen molar-refractivity contribution >= 4 is 17.8 Å². The molecular weight excluding hydrogens is 438 g/mol. The number of anilines is 1. The summed E-state index contributed by atoms with van der Waals surface area (Å²) in [5.41, 5.74) is 1.07. The second-order valence-electron chi connectivity index (χ2n) is 9.60. The largest absolute Gasteiger partial charge is 0.481 e. The molecule has 0 bridgehead atoms. The summed E-state index contributed by atoms with van der Waals surface area (Å²) in [6.45, 7) is 1.84. The van der Waals surface area contributed by atoms with Gasteiger partial charge in [-0.1, -0.05) is 6.07 Å². The third-order valence-electron chi connectivity index (χ3n) is 6.72. The molecule has 10 heteroatoms. The van der Waals surface area contributed by atoms with E-state index in [-0.39, 0.29) is 36.5 Å². The van der Waals surface area contributed by atoms with Gasteiger partial charge in [-0.05, 0) is 57.4 Å². The Kier molecular flexibility index (Phi) is 7.35. The molecule has 1 unspecified atom stereocenters. The molecular formula is C24H33N5O5. The van der Waals surface area contributed by atoms with Gasteiger partial charge in [0.15, 0.2) is 5.82 Å². The van der Waals surface area contributed by atoms with E-state index in [9.17, 15) is 14.7 Å². The Morgan fingerprint density at radius 1 is 1.24 bits per heavy atom. The fourth-order valence-corrected chi connectivity index (χ4v) is 4.68. The Balaban J connectivity index is 1.21. The summed E-state index contributed by atoms with van der Waals surface area (Å²) in [5.74, 6) is 0.975. The Hall–Kier alpha value is -3.14. The van der Waals surface area contributed by atoms with Crippen molar-refractivity contribution in [1.82, 2.24) is 20.5 Å². The van der Waals surface area contributed by atoms with Gasteiger partial charge in [0.25, 0.3) is 0 Å². The highest BCUT2D eigenvalue weighted by Gasteiger charge is 2.32. The highest BCUT2D eigenvalue weighted by atomic mass is 16.6. The molecule has 34 heavy (non-hydrogen) atoms. The van der Waals surface area contributed by atoms with Crippen LogP contribution in [0.1, 0.15) is 69.0 Å². The van der Waals surface area contributed by atoms with E-state index < -0.39 is 5.60 Å².